The molecular weight excluding hydrogens is 449 g/mol. The second kappa shape index (κ2) is 10.6. The molecule has 32 heavy (non-hydrogen) atoms. The van der Waals surface area contributed by atoms with Gasteiger partial charge >= 0.3 is 19.8 Å². The van der Waals surface area contributed by atoms with Crippen molar-refractivity contribution >= 4 is 25.7 Å². The minimum Gasteiger partial charge on any atom is -0.455 e. The number of carbonyl (C=O) groups is 3. The summed E-state index contributed by atoms with van der Waals surface area (Å²) in [7, 11) is -3.76. The third kappa shape index (κ3) is 8.42. The molecule has 0 aliphatic carbocycles. The van der Waals surface area contributed by atoms with Crippen molar-refractivity contribution in [1.29, 1.82) is 0 Å². The Hall–Kier alpha value is -1.56. The van der Waals surface area contributed by atoms with Gasteiger partial charge in [-0.05, 0) is 41.5 Å². The van der Waals surface area contributed by atoms with Crippen LogP contribution < -0.4 is 5.32 Å². The van der Waals surface area contributed by atoms with Crippen LogP contribution in [0.25, 0.3) is 0 Å². The van der Waals surface area contributed by atoms with E-state index in [-0.39, 0.29) is 6.61 Å². The SMILES string of the molecule is COC[C@H]1O[C@H](OP(=O)(O)O)[C@H](NC(C)=O)[C@@H](OC(=O)C(C)(C)C)[C@H]1OC(=O)C(C)(C)C. The fourth-order valence-electron chi connectivity index (χ4n) is 2.70. The first-order chi connectivity index (χ1) is 14.4. The Labute approximate surface area is 187 Å². The first-order valence-electron chi connectivity index (χ1n) is 9.94. The van der Waals surface area contributed by atoms with Gasteiger partial charge in [-0.1, -0.05) is 0 Å². The number of hydrogen-bond acceptors (Lipinski definition) is 9. The summed E-state index contributed by atoms with van der Waals surface area (Å²) in [4.78, 5) is 55.9. The van der Waals surface area contributed by atoms with Gasteiger partial charge in [0.1, 0.15) is 12.1 Å². The Kier molecular flexibility index (Phi) is 9.41. The molecule has 1 aliphatic heterocycles. The van der Waals surface area contributed by atoms with Crippen molar-refractivity contribution < 1.29 is 52.2 Å². The summed E-state index contributed by atoms with van der Waals surface area (Å²) in [6, 6.07) is -1.41. The van der Waals surface area contributed by atoms with E-state index in [9.17, 15) is 28.7 Å². The van der Waals surface area contributed by atoms with Crippen LogP contribution in [-0.4, -0.2) is 72.0 Å². The molecule has 1 fully saturated rings. The quantitative estimate of drug-likeness (QED) is 0.347. The van der Waals surface area contributed by atoms with E-state index >= 15 is 0 Å². The van der Waals surface area contributed by atoms with Gasteiger partial charge in [-0.25, -0.2) is 4.57 Å². The van der Waals surface area contributed by atoms with Gasteiger partial charge in [0.05, 0.1) is 17.4 Å². The molecule has 5 atom stereocenters. The van der Waals surface area contributed by atoms with E-state index in [4.69, 9.17) is 23.5 Å². The number of rotatable bonds is 7. The molecule has 1 aliphatic rings. The maximum Gasteiger partial charge on any atom is 0.472 e. The van der Waals surface area contributed by atoms with E-state index in [0.717, 1.165) is 6.92 Å². The average Bonchev–Trinajstić information content (AvgIpc) is 2.57. The van der Waals surface area contributed by atoms with E-state index in [1.54, 1.807) is 41.5 Å². The lowest BCUT2D eigenvalue weighted by atomic mass is 9.93. The van der Waals surface area contributed by atoms with Crippen molar-refractivity contribution in [1.82, 2.24) is 5.32 Å². The van der Waals surface area contributed by atoms with Gasteiger partial charge in [-0.3, -0.25) is 18.9 Å². The lowest BCUT2D eigenvalue weighted by Crippen LogP contribution is -2.67. The number of esters is 2. The molecule has 0 aromatic heterocycles. The summed E-state index contributed by atoms with van der Waals surface area (Å²) in [5.74, 6) is -1.98. The number of phosphoric acid groups is 1. The van der Waals surface area contributed by atoms with Gasteiger partial charge in [0.15, 0.2) is 18.5 Å². The number of phosphoric ester groups is 1. The van der Waals surface area contributed by atoms with Gasteiger partial charge in [-0.15, -0.1) is 0 Å². The number of ether oxygens (including phenoxy) is 4. The smallest absolute Gasteiger partial charge is 0.455 e. The summed E-state index contributed by atoms with van der Waals surface area (Å²) >= 11 is 0. The molecule has 0 bridgehead atoms. The van der Waals surface area contributed by atoms with Crippen LogP contribution in [0.3, 0.4) is 0 Å². The standard InChI is InChI=1S/C19H34NO11P/c1-10(21)20-12-14(30-17(23)19(5,6)7)13(29-16(22)18(2,3)4)11(9-27-8)28-15(12)31-32(24,25)26/h11-15H,9H2,1-8H3,(H,20,21)(H2,24,25,26)/t11-,12-,13+,14-,15-/m1/s1. The molecule has 3 N–H and O–H groups in total. The zero-order valence-electron chi connectivity index (χ0n) is 19.6. The maximum atomic E-state index is 12.7. The summed E-state index contributed by atoms with van der Waals surface area (Å²) in [5.41, 5.74) is -1.91. The molecule has 0 unspecified atom stereocenters. The fourth-order valence-corrected chi connectivity index (χ4v) is 3.15. The second-order valence-corrected chi connectivity index (χ2v) is 10.8. The largest absolute Gasteiger partial charge is 0.472 e. The molecule has 0 aromatic rings. The van der Waals surface area contributed by atoms with Crippen LogP contribution in [-0.2, 0) is 42.4 Å². The second-order valence-electron chi connectivity index (χ2n) is 9.56. The normalized spacial score (nSPS) is 26.9. The minimum absolute atomic E-state index is 0.195. The Morgan fingerprint density at radius 1 is 0.969 bits per heavy atom. The fraction of sp³-hybridized carbons (Fsp3) is 0.842. The van der Waals surface area contributed by atoms with E-state index in [1.807, 2.05) is 0 Å². The predicted molar refractivity (Wildman–Crippen MR) is 110 cm³/mol. The highest BCUT2D eigenvalue weighted by molar-refractivity contribution is 7.46. The van der Waals surface area contributed by atoms with Gasteiger partial charge in [0, 0.05) is 14.0 Å². The molecule has 186 valence electrons. The molecule has 1 rings (SSSR count). The van der Waals surface area contributed by atoms with Gasteiger partial charge in [0.2, 0.25) is 5.91 Å². The molecule has 13 heteroatoms. The van der Waals surface area contributed by atoms with Crippen molar-refractivity contribution in [3.8, 4) is 0 Å². The molecule has 0 spiro atoms. The summed E-state index contributed by atoms with van der Waals surface area (Å²) < 4.78 is 38.2. The van der Waals surface area contributed by atoms with Crippen LogP contribution in [0.2, 0.25) is 0 Å². The molecule has 0 radical (unpaired) electrons. The Morgan fingerprint density at radius 3 is 1.81 bits per heavy atom. The van der Waals surface area contributed by atoms with Gasteiger partial charge in [-0.2, -0.15) is 0 Å². The first kappa shape index (κ1) is 28.5. The number of carbonyl (C=O) groups excluding carboxylic acids is 3. The number of methoxy groups -OCH3 is 1. The van der Waals surface area contributed by atoms with Crippen LogP contribution in [0.1, 0.15) is 48.5 Å². The van der Waals surface area contributed by atoms with Crippen molar-refractivity contribution in [2.45, 2.75) is 79.1 Å². The van der Waals surface area contributed by atoms with Crippen molar-refractivity contribution in [2.24, 2.45) is 10.8 Å². The average molecular weight is 483 g/mol. The van der Waals surface area contributed by atoms with Crippen molar-refractivity contribution in [3.05, 3.63) is 0 Å². The van der Waals surface area contributed by atoms with Crippen LogP contribution in [0.15, 0.2) is 0 Å². The molecule has 0 saturated carbocycles. The number of amides is 1. The van der Waals surface area contributed by atoms with E-state index < -0.39 is 67.1 Å². The molecular formula is C19H34NO11P. The predicted octanol–water partition coefficient (Wildman–Crippen LogP) is 0.887. The first-order valence-corrected chi connectivity index (χ1v) is 11.5. The zero-order chi connectivity index (χ0) is 25.1. The molecule has 1 heterocycles. The highest BCUT2D eigenvalue weighted by Gasteiger charge is 2.53. The topological polar surface area (TPSA) is 167 Å². The summed E-state index contributed by atoms with van der Waals surface area (Å²) in [5, 5.41) is 2.42. The number of hydrogen-bond donors (Lipinski definition) is 3. The van der Waals surface area contributed by atoms with Crippen LogP contribution in [0.5, 0.6) is 0 Å². The maximum absolute atomic E-state index is 12.7. The lowest BCUT2D eigenvalue weighted by Gasteiger charge is -2.45. The van der Waals surface area contributed by atoms with Crippen LogP contribution in [0.4, 0.5) is 0 Å². The number of nitrogens with one attached hydrogen (secondary N) is 1. The Balaban J connectivity index is 3.53. The Bertz CT molecular complexity index is 737. The zero-order valence-corrected chi connectivity index (χ0v) is 20.5. The summed E-state index contributed by atoms with van der Waals surface area (Å²) in [6.45, 7) is 10.6. The molecule has 1 amide bonds. The molecule has 1 saturated heterocycles. The molecule has 12 nitrogen and oxygen atoms in total. The van der Waals surface area contributed by atoms with Crippen molar-refractivity contribution in [3.63, 3.8) is 0 Å². The lowest BCUT2D eigenvalue weighted by molar-refractivity contribution is -0.264. The van der Waals surface area contributed by atoms with Crippen molar-refractivity contribution in [2.75, 3.05) is 13.7 Å². The third-order valence-electron chi connectivity index (χ3n) is 4.30. The van der Waals surface area contributed by atoms with E-state index in [0.29, 0.717) is 0 Å². The van der Waals surface area contributed by atoms with Crippen LogP contribution >= 0.6 is 7.82 Å². The van der Waals surface area contributed by atoms with E-state index in [1.165, 1.54) is 7.11 Å². The third-order valence-corrected chi connectivity index (χ3v) is 4.78. The highest BCUT2D eigenvalue weighted by Crippen LogP contribution is 2.42. The van der Waals surface area contributed by atoms with Crippen LogP contribution in [0, 0.1) is 10.8 Å². The minimum atomic E-state index is -5.09. The van der Waals surface area contributed by atoms with E-state index in [2.05, 4.69) is 5.32 Å². The monoisotopic (exact) mass is 483 g/mol. The Morgan fingerprint density at radius 2 is 1.44 bits per heavy atom. The van der Waals surface area contributed by atoms with Gasteiger partial charge < -0.3 is 34.1 Å². The summed E-state index contributed by atoms with van der Waals surface area (Å²) in [6.07, 6.45) is -5.54. The van der Waals surface area contributed by atoms with Gasteiger partial charge in [0.25, 0.3) is 0 Å². The highest BCUT2D eigenvalue weighted by atomic mass is 31.2. The molecule has 0 aromatic carbocycles.